The molecular weight excluding hydrogens is 392 g/mol. The Labute approximate surface area is 174 Å². The van der Waals surface area contributed by atoms with Gasteiger partial charge in [0, 0.05) is 29.4 Å². The van der Waals surface area contributed by atoms with Crippen LogP contribution < -0.4 is 10.1 Å². The highest BCUT2D eigenvalue weighted by molar-refractivity contribution is 6.31. The molecule has 2 N–H and O–H groups in total. The Morgan fingerprint density at radius 3 is 2.59 bits per heavy atom. The van der Waals surface area contributed by atoms with E-state index in [1.54, 1.807) is 17.9 Å². The first-order valence-corrected chi connectivity index (χ1v) is 9.61. The van der Waals surface area contributed by atoms with Crippen molar-refractivity contribution in [2.45, 2.75) is 26.3 Å². The molecule has 0 aliphatic carbocycles. The smallest absolute Gasteiger partial charge is 0.322 e. The van der Waals surface area contributed by atoms with E-state index >= 15 is 0 Å². The lowest BCUT2D eigenvalue weighted by atomic mass is 9.92. The van der Waals surface area contributed by atoms with Crippen LogP contribution in [0.25, 0.3) is 0 Å². The molecule has 0 bridgehead atoms. The van der Waals surface area contributed by atoms with Crippen LogP contribution in [0.4, 0.5) is 4.79 Å². The predicted octanol–water partition coefficient (Wildman–Crippen LogP) is 4.23. The van der Waals surface area contributed by atoms with E-state index in [0.29, 0.717) is 29.8 Å². The number of ether oxygens (including phenoxy) is 1. The fraction of sp³-hybridized carbons (Fsp3) is 0.273. The van der Waals surface area contributed by atoms with Crippen LogP contribution in [-0.2, 0) is 11.2 Å². The first-order valence-electron chi connectivity index (χ1n) is 9.23. The van der Waals surface area contributed by atoms with Gasteiger partial charge in [-0.15, -0.1) is 0 Å². The molecule has 1 heterocycles. The number of Topliss-reactive ketones (excluding diaryl/α,β-unsaturated/α-hetero) is 1. The van der Waals surface area contributed by atoms with Gasteiger partial charge in [0.25, 0.3) is 0 Å². The Kier molecular flexibility index (Phi) is 6.13. The number of halogens is 1. The average molecular weight is 415 g/mol. The highest BCUT2D eigenvalue weighted by Gasteiger charge is 2.35. The molecule has 152 valence electrons. The normalized spacial score (nSPS) is 16.6. The molecule has 29 heavy (non-hydrogen) atoms. The third-order valence-corrected chi connectivity index (χ3v) is 5.38. The van der Waals surface area contributed by atoms with Crippen molar-refractivity contribution < 1.29 is 19.4 Å². The summed E-state index contributed by atoms with van der Waals surface area (Å²) in [6, 6.07) is 11.7. The van der Waals surface area contributed by atoms with Crippen LogP contribution in [-0.4, -0.2) is 35.5 Å². The SMILES string of the molecule is COc1cc([C@@H]2NC(=O)N(CCc3ccccc3)C(C)=C2C(C)=O)c(Cl)cc1O. The molecule has 1 aliphatic rings. The summed E-state index contributed by atoms with van der Waals surface area (Å²) in [4.78, 5) is 26.9. The van der Waals surface area contributed by atoms with Crippen molar-refractivity contribution in [1.29, 1.82) is 0 Å². The maximum absolute atomic E-state index is 12.9. The molecule has 0 unspecified atom stereocenters. The number of hydrogen-bond donors (Lipinski definition) is 2. The van der Waals surface area contributed by atoms with Crippen molar-refractivity contribution in [3.63, 3.8) is 0 Å². The molecule has 1 aliphatic heterocycles. The number of carbonyl (C=O) groups is 2. The maximum atomic E-state index is 12.9. The average Bonchev–Trinajstić information content (AvgIpc) is 2.68. The molecule has 0 saturated carbocycles. The number of aromatic hydroxyl groups is 1. The lowest BCUT2D eigenvalue weighted by Gasteiger charge is -2.36. The molecule has 0 aromatic heterocycles. The number of phenols is 1. The number of phenolic OH excluding ortho intramolecular Hbond substituents is 1. The van der Waals surface area contributed by atoms with Gasteiger partial charge in [-0.05, 0) is 31.9 Å². The molecule has 2 amide bonds. The van der Waals surface area contributed by atoms with Gasteiger partial charge in [0.1, 0.15) is 0 Å². The van der Waals surface area contributed by atoms with Gasteiger partial charge in [-0.25, -0.2) is 4.79 Å². The van der Waals surface area contributed by atoms with Gasteiger partial charge in [0.2, 0.25) is 0 Å². The van der Waals surface area contributed by atoms with Gasteiger partial charge in [-0.3, -0.25) is 9.69 Å². The topological polar surface area (TPSA) is 78.9 Å². The summed E-state index contributed by atoms with van der Waals surface area (Å²) >= 11 is 6.32. The standard InChI is InChI=1S/C22H23ClN2O4/c1-13-20(14(2)26)21(16-11-19(29-3)18(27)12-17(16)23)24-22(28)25(13)10-9-15-7-5-4-6-8-15/h4-8,11-12,21,27H,9-10H2,1-3H3,(H,24,28)/t21-/m0/s1. The molecule has 6 nitrogen and oxygen atoms in total. The third kappa shape index (κ3) is 4.22. The number of ketones is 1. The van der Waals surface area contributed by atoms with Gasteiger partial charge in [-0.1, -0.05) is 41.9 Å². The summed E-state index contributed by atoms with van der Waals surface area (Å²) in [5.41, 5.74) is 2.63. The molecule has 0 spiro atoms. The first-order chi connectivity index (χ1) is 13.8. The second-order valence-electron chi connectivity index (χ2n) is 6.87. The van der Waals surface area contributed by atoms with E-state index in [1.807, 2.05) is 30.3 Å². The Morgan fingerprint density at radius 1 is 1.28 bits per heavy atom. The van der Waals surface area contributed by atoms with Crippen LogP contribution in [0.3, 0.4) is 0 Å². The number of rotatable bonds is 6. The van der Waals surface area contributed by atoms with E-state index in [0.717, 1.165) is 5.56 Å². The van der Waals surface area contributed by atoms with Crippen molar-refractivity contribution >= 4 is 23.4 Å². The summed E-state index contributed by atoms with van der Waals surface area (Å²) in [6.07, 6.45) is 0.662. The van der Waals surface area contributed by atoms with Gasteiger partial charge < -0.3 is 15.2 Å². The van der Waals surface area contributed by atoms with Crippen molar-refractivity contribution in [2.75, 3.05) is 13.7 Å². The second kappa shape index (κ2) is 8.57. The molecular formula is C22H23ClN2O4. The minimum atomic E-state index is -0.727. The molecule has 0 saturated heterocycles. The minimum Gasteiger partial charge on any atom is -0.504 e. The molecule has 3 rings (SSSR count). The quantitative estimate of drug-likeness (QED) is 0.741. The summed E-state index contributed by atoms with van der Waals surface area (Å²) in [5.74, 6) is -0.0658. The number of nitrogens with one attached hydrogen (secondary N) is 1. The monoisotopic (exact) mass is 414 g/mol. The maximum Gasteiger partial charge on any atom is 0.322 e. The van der Waals surface area contributed by atoms with E-state index in [-0.39, 0.29) is 28.3 Å². The van der Waals surface area contributed by atoms with Crippen molar-refractivity contribution in [3.8, 4) is 11.5 Å². The van der Waals surface area contributed by atoms with Crippen LogP contribution in [0.5, 0.6) is 11.5 Å². The number of methoxy groups -OCH3 is 1. The number of allylic oxidation sites excluding steroid dienone is 1. The number of benzene rings is 2. The minimum absolute atomic E-state index is 0.113. The Bertz CT molecular complexity index is 972. The van der Waals surface area contributed by atoms with E-state index in [9.17, 15) is 14.7 Å². The van der Waals surface area contributed by atoms with Gasteiger partial charge in [-0.2, -0.15) is 0 Å². The molecule has 2 aromatic rings. The lowest BCUT2D eigenvalue weighted by Crippen LogP contribution is -2.48. The zero-order valence-electron chi connectivity index (χ0n) is 16.5. The second-order valence-corrected chi connectivity index (χ2v) is 7.28. The highest BCUT2D eigenvalue weighted by Crippen LogP contribution is 2.39. The van der Waals surface area contributed by atoms with Crippen LogP contribution in [0, 0.1) is 0 Å². The molecule has 0 fully saturated rings. The fourth-order valence-electron chi connectivity index (χ4n) is 3.57. The van der Waals surface area contributed by atoms with E-state index in [2.05, 4.69) is 5.32 Å². The lowest BCUT2D eigenvalue weighted by molar-refractivity contribution is -0.114. The number of urea groups is 1. The largest absolute Gasteiger partial charge is 0.504 e. The van der Waals surface area contributed by atoms with E-state index in [4.69, 9.17) is 16.3 Å². The fourth-order valence-corrected chi connectivity index (χ4v) is 3.84. The summed E-state index contributed by atoms with van der Waals surface area (Å²) in [7, 11) is 1.42. The third-order valence-electron chi connectivity index (χ3n) is 5.05. The van der Waals surface area contributed by atoms with E-state index in [1.165, 1.54) is 20.1 Å². The van der Waals surface area contributed by atoms with Crippen molar-refractivity contribution in [3.05, 3.63) is 69.9 Å². The zero-order valence-corrected chi connectivity index (χ0v) is 17.3. The summed E-state index contributed by atoms with van der Waals surface area (Å²) in [5, 5.41) is 13.0. The Balaban J connectivity index is 1.98. The van der Waals surface area contributed by atoms with Crippen molar-refractivity contribution in [1.82, 2.24) is 10.2 Å². The molecule has 7 heteroatoms. The molecule has 2 aromatic carbocycles. The van der Waals surface area contributed by atoms with Gasteiger partial charge in [0.15, 0.2) is 17.3 Å². The summed E-state index contributed by atoms with van der Waals surface area (Å²) in [6.45, 7) is 3.67. The van der Waals surface area contributed by atoms with Gasteiger partial charge in [0.05, 0.1) is 18.2 Å². The van der Waals surface area contributed by atoms with Crippen LogP contribution in [0.2, 0.25) is 5.02 Å². The summed E-state index contributed by atoms with van der Waals surface area (Å²) < 4.78 is 5.16. The number of nitrogens with zero attached hydrogens (tertiary/aromatic N) is 1. The highest BCUT2D eigenvalue weighted by atomic mass is 35.5. The Morgan fingerprint density at radius 2 is 1.97 bits per heavy atom. The Hall–Kier alpha value is -2.99. The number of amides is 2. The van der Waals surface area contributed by atoms with E-state index < -0.39 is 6.04 Å². The number of hydrogen-bond acceptors (Lipinski definition) is 4. The van der Waals surface area contributed by atoms with Crippen LogP contribution >= 0.6 is 11.6 Å². The zero-order chi connectivity index (χ0) is 21.1. The molecule has 1 atom stereocenters. The predicted molar refractivity (Wildman–Crippen MR) is 111 cm³/mol. The van der Waals surface area contributed by atoms with Gasteiger partial charge >= 0.3 is 6.03 Å². The molecule has 0 radical (unpaired) electrons. The number of carbonyl (C=O) groups excluding carboxylic acids is 2. The van der Waals surface area contributed by atoms with Crippen LogP contribution in [0.1, 0.15) is 31.0 Å². The van der Waals surface area contributed by atoms with Crippen LogP contribution in [0.15, 0.2) is 53.7 Å². The first kappa shape index (κ1) is 20.7. The van der Waals surface area contributed by atoms with Crippen molar-refractivity contribution in [2.24, 2.45) is 0 Å².